The number of benzene rings is 13. The van der Waals surface area contributed by atoms with Crippen LogP contribution in [-0.4, -0.2) is 71.1 Å². The summed E-state index contributed by atoms with van der Waals surface area (Å²) in [5.41, 5.74) is 1.13. The quantitative estimate of drug-likeness (QED) is 0.0494. The Bertz CT molecular complexity index is 5870. The summed E-state index contributed by atoms with van der Waals surface area (Å²) in [6, 6.07) is 71.2. The largest absolute Gasteiger partial charge is 0.457 e. The lowest BCUT2D eigenvalue weighted by Crippen LogP contribution is -2.29. The van der Waals surface area contributed by atoms with Crippen LogP contribution >= 0.6 is 0 Å². The van der Waals surface area contributed by atoms with Crippen molar-refractivity contribution < 1.29 is 86.0 Å². The zero-order chi connectivity index (χ0) is 74.2. The van der Waals surface area contributed by atoms with Gasteiger partial charge < -0.3 is 28.4 Å². The number of hydrogen-bond donors (Lipinski definition) is 0. The molecule has 13 aromatic rings. The maximum atomic E-state index is 14.1. The van der Waals surface area contributed by atoms with Crippen molar-refractivity contribution in [3.05, 3.63) is 346 Å². The van der Waals surface area contributed by atoms with Gasteiger partial charge in [0, 0.05) is 24.3 Å². The number of anilines is 4. The highest BCUT2D eigenvalue weighted by Crippen LogP contribution is 2.40. The van der Waals surface area contributed by atoms with E-state index in [1.54, 1.807) is 36.4 Å². The maximum Gasteiger partial charge on any atom is 0.343 e. The normalized spacial score (nSPS) is 13.4. The maximum absolute atomic E-state index is 14.1. The van der Waals surface area contributed by atoms with E-state index in [9.17, 15) is 57.5 Å². The fourth-order valence-corrected chi connectivity index (χ4v) is 13.2. The van der Waals surface area contributed by atoms with Gasteiger partial charge in [0.2, 0.25) is 0 Å². The first kappa shape index (κ1) is 65.7. The van der Waals surface area contributed by atoms with E-state index < -0.39 is 71.1 Å². The molecule has 0 atom stereocenters. The Morgan fingerprint density at radius 2 is 0.444 bits per heavy atom. The van der Waals surface area contributed by atoms with Gasteiger partial charge in [0.1, 0.15) is 46.0 Å². The van der Waals surface area contributed by atoms with Gasteiger partial charge in [0.25, 0.3) is 47.3 Å². The van der Waals surface area contributed by atoms with E-state index in [2.05, 4.69) is 0 Å². The summed E-state index contributed by atoms with van der Waals surface area (Å²) >= 11 is 0. The van der Waals surface area contributed by atoms with E-state index in [0.717, 1.165) is 41.1 Å². The summed E-state index contributed by atoms with van der Waals surface area (Å²) in [5.74, 6) is -7.96. The molecule has 8 amide bonds. The minimum absolute atomic E-state index is 0.0214. The van der Waals surface area contributed by atoms with Gasteiger partial charge in [0.05, 0.1) is 89.5 Å². The van der Waals surface area contributed by atoms with Crippen molar-refractivity contribution >= 4 is 115 Å². The van der Waals surface area contributed by atoms with Gasteiger partial charge in [-0.3, -0.25) is 38.4 Å². The Morgan fingerprint density at radius 3 is 0.731 bits per heavy atom. The molecule has 0 N–H and O–H groups in total. The third-order valence-corrected chi connectivity index (χ3v) is 18.4. The smallest absolute Gasteiger partial charge is 0.343 e. The Morgan fingerprint density at radius 1 is 0.194 bits per heavy atom. The van der Waals surface area contributed by atoms with Crippen LogP contribution in [0.25, 0.3) is 21.5 Å². The molecule has 0 aromatic heterocycles. The summed E-state index contributed by atoms with van der Waals surface area (Å²) in [6.45, 7) is 0. The molecule has 22 nitrogen and oxygen atoms in total. The molecule has 0 fully saturated rings. The summed E-state index contributed by atoms with van der Waals surface area (Å²) in [7, 11) is 0. The van der Waals surface area contributed by atoms with Gasteiger partial charge in [-0.25, -0.2) is 38.8 Å². The van der Waals surface area contributed by atoms with Crippen LogP contribution in [0.3, 0.4) is 0 Å². The van der Waals surface area contributed by atoms with Crippen LogP contribution < -0.4 is 48.0 Å². The van der Waals surface area contributed by atoms with Crippen LogP contribution in [0.15, 0.2) is 279 Å². The average Bonchev–Trinajstić information content (AvgIpc) is 1.62. The molecule has 518 valence electrons. The number of amides is 8. The van der Waals surface area contributed by atoms with E-state index in [0.29, 0.717) is 11.1 Å². The minimum atomic E-state index is -0.924. The third kappa shape index (κ3) is 11.9. The molecule has 0 bridgehead atoms. The second kappa shape index (κ2) is 26.4. The summed E-state index contributed by atoms with van der Waals surface area (Å²) < 4.78 is 34.9. The Labute approximate surface area is 609 Å². The first-order chi connectivity index (χ1) is 52.4. The second-order valence-electron chi connectivity index (χ2n) is 25.1. The number of nitrogens with zero attached hydrogens (tertiary/aromatic N) is 4. The van der Waals surface area contributed by atoms with E-state index in [4.69, 9.17) is 28.4 Å². The first-order valence-electron chi connectivity index (χ1n) is 33.3. The van der Waals surface area contributed by atoms with Gasteiger partial charge >= 0.3 is 23.9 Å². The van der Waals surface area contributed by atoms with Gasteiger partial charge in [0.15, 0.2) is 0 Å². The molecule has 0 saturated heterocycles. The highest BCUT2D eigenvalue weighted by atomic mass is 16.5. The molecule has 22 heteroatoms. The topological polar surface area (TPSA) is 273 Å². The number of fused-ring (bicyclic) bond motifs is 6. The van der Waals surface area contributed by atoms with Crippen molar-refractivity contribution in [2.45, 2.75) is 0 Å². The number of rotatable bonds is 16. The second-order valence-corrected chi connectivity index (χ2v) is 25.1. The van der Waals surface area contributed by atoms with Crippen molar-refractivity contribution in [2.75, 3.05) is 19.6 Å². The third-order valence-electron chi connectivity index (χ3n) is 18.4. The Balaban J connectivity index is 0.511. The van der Waals surface area contributed by atoms with Crippen molar-refractivity contribution in [3.63, 3.8) is 0 Å². The molecule has 17 rings (SSSR count). The molecule has 0 radical (unpaired) electrons. The van der Waals surface area contributed by atoms with Crippen molar-refractivity contribution in [2.24, 2.45) is 0 Å². The van der Waals surface area contributed by atoms with E-state index in [1.165, 1.54) is 182 Å². The molecule has 0 saturated carbocycles. The molecular formula is C86H46N4O18. The fourth-order valence-electron chi connectivity index (χ4n) is 13.2. The molecule has 0 spiro atoms. The van der Waals surface area contributed by atoms with Crippen LogP contribution in [0.4, 0.5) is 22.7 Å². The highest BCUT2D eigenvalue weighted by molar-refractivity contribution is 6.37. The first-order valence-corrected chi connectivity index (χ1v) is 33.3. The lowest BCUT2D eigenvalue weighted by atomic mass is 10.1. The van der Waals surface area contributed by atoms with E-state index in [1.807, 2.05) is 60.7 Å². The molecular weight excluding hydrogens is 1380 g/mol. The van der Waals surface area contributed by atoms with Crippen LogP contribution in [-0.2, 0) is 0 Å². The molecule has 13 aromatic carbocycles. The van der Waals surface area contributed by atoms with Gasteiger partial charge in [-0.05, 0) is 185 Å². The number of carbonyl (C=O) groups excluding carboxylic acids is 12. The molecule has 0 unspecified atom stereocenters. The fraction of sp³-hybridized carbons (Fsp3) is 0. The SMILES string of the molecule is O=C(Oc1cccc(N2C(=O)c3ccc(Oc4ccc5c(c4)C(=O)N(c4cccc(OC(=O)c6ccc7ccccc7c6)c4)C5=O)cc3C2=O)c1)c1cccc(C(=O)Oc2cccc(N3C(=O)c4ccc(Oc5ccc6c(c5)C(=O)N(c5cccc(OC(=O)c7ccc8ccccc8c7)c5)C6=O)cc4C3=O)c2)c1. The number of ether oxygens (including phenoxy) is 6. The van der Waals surface area contributed by atoms with Crippen LogP contribution in [0.1, 0.15) is 124 Å². The Hall–Kier alpha value is -15.6. The zero-order valence-corrected chi connectivity index (χ0v) is 55.7. The van der Waals surface area contributed by atoms with E-state index >= 15 is 0 Å². The van der Waals surface area contributed by atoms with Gasteiger partial charge in [-0.1, -0.05) is 91.0 Å². The average molecular weight is 1420 g/mol. The lowest BCUT2D eigenvalue weighted by molar-refractivity contribution is 0.0720. The van der Waals surface area contributed by atoms with Crippen LogP contribution in [0.2, 0.25) is 0 Å². The number of carbonyl (C=O) groups is 12. The predicted molar refractivity (Wildman–Crippen MR) is 390 cm³/mol. The molecule has 4 aliphatic heterocycles. The van der Waals surface area contributed by atoms with Crippen molar-refractivity contribution in [1.82, 2.24) is 0 Å². The lowest BCUT2D eigenvalue weighted by Gasteiger charge is -2.15. The summed E-state index contributed by atoms with van der Waals surface area (Å²) in [6.07, 6.45) is 0. The van der Waals surface area contributed by atoms with Crippen LogP contribution in [0.5, 0.6) is 46.0 Å². The summed E-state index contributed by atoms with van der Waals surface area (Å²) in [4.78, 5) is 169. The van der Waals surface area contributed by atoms with Crippen molar-refractivity contribution in [3.8, 4) is 46.0 Å². The highest BCUT2D eigenvalue weighted by Gasteiger charge is 2.42. The van der Waals surface area contributed by atoms with Gasteiger partial charge in [-0.2, -0.15) is 0 Å². The number of esters is 4. The Kier molecular flexibility index (Phi) is 16.0. The molecule has 108 heavy (non-hydrogen) atoms. The molecule has 4 aliphatic rings. The van der Waals surface area contributed by atoms with Crippen molar-refractivity contribution in [1.29, 1.82) is 0 Å². The predicted octanol–water partition coefficient (Wildman–Crippen LogP) is 15.7. The van der Waals surface area contributed by atoms with E-state index in [-0.39, 0.29) is 124 Å². The number of hydrogen-bond acceptors (Lipinski definition) is 18. The summed E-state index contributed by atoms with van der Waals surface area (Å²) in [5, 5.41) is 3.59. The molecule has 0 aliphatic carbocycles. The van der Waals surface area contributed by atoms with Gasteiger partial charge in [-0.15, -0.1) is 0 Å². The monoisotopic (exact) mass is 1420 g/mol. The zero-order valence-electron chi connectivity index (χ0n) is 55.7. The molecule has 4 heterocycles. The standard InChI is InChI=1S/C86H46N4O18/c91-75-67-32-28-63(103-65-30-34-69-73(45-65)81(97)89(77(69)93)57-18-8-22-61(41-57)107-85(101)53-26-24-47-10-1-3-12-49(47)36-53)43-71(67)79(95)87(75)55-16-6-20-59(39-55)105-83(99)51-14-5-15-52(38-51)84(100)106-60-21-7-17-56(40-60)88-76(92)68-33-29-64(44-72(68)80(88)96)104-66-31-35-70-74(46-66)82(98)90(78(70)94)58-19-9-23-62(42-58)108-86(102)54-27-25-48-11-2-4-13-50(48)37-54/h1-46H. The van der Waals surface area contributed by atoms with Crippen LogP contribution in [0, 0.1) is 0 Å². The number of imide groups is 4. The minimum Gasteiger partial charge on any atom is -0.457 e.